The van der Waals surface area contributed by atoms with E-state index < -0.39 is 0 Å². The fourth-order valence-electron chi connectivity index (χ4n) is 3.48. The van der Waals surface area contributed by atoms with Gasteiger partial charge in [-0.2, -0.15) is 0 Å². The van der Waals surface area contributed by atoms with E-state index in [9.17, 15) is 0 Å². The van der Waals surface area contributed by atoms with Crippen LogP contribution in [-0.4, -0.2) is 20.1 Å². The van der Waals surface area contributed by atoms with Crippen LogP contribution in [0.1, 0.15) is 28.8 Å². The zero-order valence-electron chi connectivity index (χ0n) is 16.0. The molecule has 0 saturated heterocycles. The maximum atomic E-state index is 6.09. The first-order chi connectivity index (χ1) is 14.1. The Balaban J connectivity index is 1.74. The van der Waals surface area contributed by atoms with Gasteiger partial charge in [0, 0.05) is 15.6 Å². The number of halogens is 2. The van der Waals surface area contributed by atoms with Crippen LogP contribution in [0.5, 0.6) is 11.5 Å². The van der Waals surface area contributed by atoms with Crippen LogP contribution in [0.25, 0.3) is 0 Å². The van der Waals surface area contributed by atoms with E-state index >= 15 is 0 Å². The predicted octanol–water partition coefficient (Wildman–Crippen LogP) is 5.84. The molecule has 0 saturated carbocycles. The molecule has 0 spiro atoms. The van der Waals surface area contributed by atoms with Crippen LogP contribution in [0.4, 0.5) is 0 Å². The Kier molecular flexibility index (Phi) is 5.65. The lowest BCUT2D eigenvalue weighted by Gasteiger charge is -2.20. The number of hydrogen-bond acceptors (Lipinski definition) is 4. The van der Waals surface area contributed by atoms with Crippen LogP contribution in [0.15, 0.2) is 71.7 Å². The van der Waals surface area contributed by atoms with E-state index in [1.165, 1.54) is 0 Å². The molecule has 0 radical (unpaired) electrons. The molecular formula is C23H20Cl2N2O2. The molecule has 1 aliphatic heterocycles. The Morgan fingerprint density at radius 1 is 0.759 bits per heavy atom. The first-order valence-corrected chi connectivity index (χ1v) is 9.92. The summed E-state index contributed by atoms with van der Waals surface area (Å²) in [6.45, 7) is 0. The Labute approximate surface area is 180 Å². The number of methoxy groups -OCH3 is 2. The number of ether oxygens (including phenoxy) is 2. The summed E-state index contributed by atoms with van der Waals surface area (Å²) in [5.41, 5.74) is 3.11. The molecule has 1 heterocycles. The molecule has 3 aromatic rings. The predicted molar refractivity (Wildman–Crippen MR) is 118 cm³/mol. The molecule has 3 aromatic carbocycles. The van der Waals surface area contributed by atoms with Gasteiger partial charge in [-0.15, -0.1) is 0 Å². The summed E-state index contributed by atoms with van der Waals surface area (Å²) < 4.78 is 10.8. The molecule has 2 atom stereocenters. The fourth-order valence-corrected chi connectivity index (χ4v) is 3.73. The molecule has 29 heavy (non-hydrogen) atoms. The Hall–Kier alpha value is -2.69. The standard InChI is InChI=1S/C23H20Cl2N2O2/c1-28-19-12-7-16(13-20(19)29-2)23-26-21(14-3-8-17(24)9-4-14)22(27-23)15-5-10-18(25)11-6-15/h3-13,21-22H,1-2H3,(H,26,27). The van der Waals surface area contributed by atoms with E-state index in [0.29, 0.717) is 21.5 Å². The maximum Gasteiger partial charge on any atom is 0.161 e. The van der Waals surface area contributed by atoms with Gasteiger partial charge in [0.1, 0.15) is 11.9 Å². The molecule has 2 unspecified atom stereocenters. The molecule has 0 bridgehead atoms. The van der Waals surface area contributed by atoms with Gasteiger partial charge in [-0.05, 0) is 53.6 Å². The van der Waals surface area contributed by atoms with E-state index in [1.807, 2.05) is 66.7 Å². The van der Waals surface area contributed by atoms with E-state index in [4.69, 9.17) is 37.7 Å². The van der Waals surface area contributed by atoms with Crippen molar-refractivity contribution < 1.29 is 9.47 Å². The SMILES string of the molecule is COc1ccc(C2=NC(c3ccc(Cl)cc3)C(c3ccc(Cl)cc3)N2)cc1OC. The van der Waals surface area contributed by atoms with E-state index in [1.54, 1.807) is 14.2 Å². The van der Waals surface area contributed by atoms with Crippen LogP contribution < -0.4 is 14.8 Å². The topological polar surface area (TPSA) is 42.8 Å². The Morgan fingerprint density at radius 3 is 1.93 bits per heavy atom. The summed E-state index contributed by atoms with van der Waals surface area (Å²) in [6, 6.07) is 21.3. The number of nitrogens with zero attached hydrogens (tertiary/aromatic N) is 1. The van der Waals surface area contributed by atoms with Crippen LogP contribution in [0.2, 0.25) is 10.0 Å². The second-order valence-corrected chi connectivity index (χ2v) is 7.59. The molecule has 0 aliphatic carbocycles. The lowest BCUT2D eigenvalue weighted by Crippen LogP contribution is -2.25. The molecule has 0 amide bonds. The smallest absolute Gasteiger partial charge is 0.161 e. The van der Waals surface area contributed by atoms with Gasteiger partial charge < -0.3 is 14.8 Å². The molecule has 6 heteroatoms. The van der Waals surface area contributed by atoms with Gasteiger partial charge in [-0.1, -0.05) is 47.5 Å². The number of nitrogens with one attached hydrogen (secondary N) is 1. The second-order valence-electron chi connectivity index (χ2n) is 6.72. The third-order valence-corrected chi connectivity index (χ3v) is 5.48. The molecule has 4 rings (SSSR count). The summed E-state index contributed by atoms with van der Waals surface area (Å²) in [5, 5.41) is 4.98. The Bertz CT molecular complexity index is 1030. The van der Waals surface area contributed by atoms with Gasteiger partial charge >= 0.3 is 0 Å². The molecule has 0 fully saturated rings. The van der Waals surface area contributed by atoms with Crippen molar-refractivity contribution in [2.24, 2.45) is 4.99 Å². The maximum absolute atomic E-state index is 6.09. The van der Waals surface area contributed by atoms with E-state index in [-0.39, 0.29) is 12.1 Å². The summed E-state index contributed by atoms with van der Waals surface area (Å²) in [6.07, 6.45) is 0. The largest absolute Gasteiger partial charge is 0.493 e. The second kappa shape index (κ2) is 8.36. The van der Waals surface area contributed by atoms with Crippen molar-refractivity contribution in [3.8, 4) is 11.5 Å². The Morgan fingerprint density at radius 2 is 1.34 bits per heavy atom. The van der Waals surface area contributed by atoms with Crippen molar-refractivity contribution in [3.05, 3.63) is 93.5 Å². The highest BCUT2D eigenvalue weighted by Crippen LogP contribution is 2.38. The number of rotatable bonds is 5. The monoisotopic (exact) mass is 426 g/mol. The van der Waals surface area contributed by atoms with Gasteiger partial charge in [-0.25, -0.2) is 0 Å². The lowest BCUT2D eigenvalue weighted by atomic mass is 9.95. The van der Waals surface area contributed by atoms with Crippen LogP contribution >= 0.6 is 23.2 Å². The van der Waals surface area contributed by atoms with E-state index in [2.05, 4.69) is 5.32 Å². The average molecular weight is 427 g/mol. The van der Waals surface area contributed by atoms with Crippen LogP contribution in [0.3, 0.4) is 0 Å². The van der Waals surface area contributed by atoms with Crippen molar-refractivity contribution >= 4 is 29.0 Å². The zero-order chi connectivity index (χ0) is 20.4. The molecular weight excluding hydrogens is 407 g/mol. The van der Waals surface area contributed by atoms with Crippen LogP contribution in [0, 0.1) is 0 Å². The van der Waals surface area contributed by atoms with Crippen molar-refractivity contribution in [1.29, 1.82) is 0 Å². The highest BCUT2D eigenvalue weighted by molar-refractivity contribution is 6.30. The summed E-state index contributed by atoms with van der Waals surface area (Å²) in [5.74, 6) is 2.14. The molecule has 148 valence electrons. The van der Waals surface area contributed by atoms with Gasteiger partial charge in [0.05, 0.1) is 20.3 Å². The quantitative estimate of drug-likeness (QED) is 0.556. The minimum absolute atomic E-state index is 0.0310. The highest BCUT2D eigenvalue weighted by Gasteiger charge is 2.32. The minimum atomic E-state index is -0.100. The fraction of sp³-hybridized carbons (Fsp3) is 0.174. The van der Waals surface area contributed by atoms with Gasteiger partial charge in [0.25, 0.3) is 0 Å². The van der Waals surface area contributed by atoms with Gasteiger partial charge in [0.15, 0.2) is 11.5 Å². The zero-order valence-corrected chi connectivity index (χ0v) is 17.5. The molecule has 0 aromatic heterocycles. The first kappa shape index (κ1) is 19.6. The highest BCUT2D eigenvalue weighted by atomic mass is 35.5. The molecule has 1 aliphatic rings. The van der Waals surface area contributed by atoms with Crippen molar-refractivity contribution in [1.82, 2.24) is 5.32 Å². The normalized spacial score (nSPS) is 18.1. The van der Waals surface area contributed by atoms with Crippen molar-refractivity contribution in [2.45, 2.75) is 12.1 Å². The van der Waals surface area contributed by atoms with Gasteiger partial charge in [-0.3, -0.25) is 4.99 Å². The average Bonchev–Trinajstić information content (AvgIpc) is 3.19. The minimum Gasteiger partial charge on any atom is -0.493 e. The summed E-state index contributed by atoms with van der Waals surface area (Å²) in [7, 11) is 3.24. The lowest BCUT2D eigenvalue weighted by molar-refractivity contribution is 0.355. The molecule has 4 nitrogen and oxygen atoms in total. The molecule has 1 N–H and O–H groups in total. The van der Waals surface area contributed by atoms with Gasteiger partial charge in [0.2, 0.25) is 0 Å². The number of amidine groups is 1. The number of hydrogen-bond donors (Lipinski definition) is 1. The number of benzene rings is 3. The third kappa shape index (κ3) is 4.04. The van der Waals surface area contributed by atoms with Crippen LogP contribution in [-0.2, 0) is 0 Å². The summed E-state index contributed by atoms with van der Waals surface area (Å²) >= 11 is 12.2. The first-order valence-electron chi connectivity index (χ1n) is 9.16. The van der Waals surface area contributed by atoms with Crippen molar-refractivity contribution in [3.63, 3.8) is 0 Å². The van der Waals surface area contributed by atoms with E-state index in [0.717, 1.165) is 22.5 Å². The summed E-state index contributed by atoms with van der Waals surface area (Å²) in [4.78, 5) is 5.00. The third-order valence-electron chi connectivity index (χ3n) is 4.97. The number of aliphatic imine (C=N–C) groups is 1. The van der Waals surface area contributed by atoms with Crippen molar-refractivity contribution in [2.75, 3.05) is 14.2 Å².